The number of carbonyl (C=O) groups excluding carboxylic acids is 2. The first-order chi connectivity index (χ1) is 13.5. The molecule has 1 aromatic heterocycles. The van der Waals surface area contributed by atoms with Crippen LogP contribution < -0.4 is 0 Å². The van der Waals surface area contributed by atoms with Gasteiger partial charge >= 0.3 is 11.9 Å². The van der Waals surface area contributed by atoms with Crippen LogP contribution in [0.5, 0.6) is 0 Å². The minimum absolute atomic E-state index is 0.0907. The van der Waals surface area contributed by atoms with Gasteiger partial charge in [-0.1, -0.05) is 18.2 Å². The quantitative estimate of drug-likeness (QED) is 0.379. The van der Waals surface area contributed by atoms with Gasteiger partial charge in [0.15, 0.2) is 5.69 Å². The van der Waals surface area contributed by atoms with E-state index in [9.17, 15) is 19.7 Å². The Morgan fingerprint density at radius 3 is 2.11 bits per heavy atom. The molecule has 0 atom stereocenters. The molecule has 0 saturated heterocycles. The van der Waals surface area contributed by atoms with E-state index in [1.165, 1.54) is 43.2 Å². The van der Waals surface area contributed by atoms with Crippen LogP contribution >= 0.6 is 0 Å². The molecule has 0 aliphatic rings. The number of hydrogen-bond acceptors (Lipinski definition) is 7. The minimum Gasteiger partial charge on any atom is -0.465 e. The molecule has 0 N–H and O–H groups in total. The van der Waals surface area contributed by atoms with Crippen LogP contribution in [0.1, 0.15) is 20.8 Å². The first-order valence-electron chi connectivity index (χ1n) is 8.07. The molecule has 0 unspecified atom stereocenters. The maximum Gasteiger partial charge on any atom is 0.357 e. The normalized spacial score (nSPS) is 10.4. The van der Waals surface area contributed by atoms with Crippen LogP contribution in [0.25, 0.3) is 16.9 Å². The molecule has 0 spiro atoms. The van der Waals surface area contributed by atoms with E-state index in [0.717, 1.165) is 0 Å². The van der Waals surface area contributed by atoms with Gasteiger partial charge in [-0.15, -0.1) is 0 Å². The smallest absolute Gasteiger partial charge is 0.357 e. The van der Waals surface area contributed by atoms with Crippen LogP contribution in [0.3, 0.4) is 0 Å². The Labute approximate surface area is 159 Å². The fourth-order valence-corrected chi connectivity index (χ4v) is 2.70. The standard InChI is InChI=1S/C19H15N3O6/c1-27-18(23)15-16(12-8-10-14(11-9-12)22(25)26)20-21(17(15)19(24)28-2)13-6-4-3-5-7-13/h3-11H,1-2H3. The monoisotopic (exact) mass is 381 g/mol. The largest absolute Gasteiger partial charge is 0.465 e. The zero-order chi connectivity index (χ0) is 20.3. The summed E-state index contributed by atoms with van der Waals surface area (Å²) in [4.78, 5) is 35.3. The zero-order valence-corrected chi connectivity index (χ0v) is 15.0. The minimum atomic E-state index is -0.782. The Kier molecular flexibility index (Phi) is 5.16. The predicted molar refractivity (Wildman–Crippen MR) is 98.3 cm³/mol. The summed E-state index contributed by atoms with van der Waals surface area (Å²) in [5, 5.41) is 15.3. The van der Waals surface area contributed by atoms with Gasteiger partial charge in [0.05, 0.1) is 24.8 Å². The van der Waals surface area contributed by atoms with Crippen molar-refractivity contribution in [2.75, 3.05) is 14.2 Å². The van der Waals surface area contributed by atoms with E-state index < -0.39 is 16.9 Å². The van der Waals surface area contributed by atoms with E-state index in [-0.39, 0.29) is 22.6 Å². The number of rotatable bonds is 5. The van der Waals surface area contributed by atoms with Crippen molar-refractivity contribution in [2.24, 2.45) is 0 Å². The van der Waals surface area contributed by atoms with Gasteiger partial charge in [0, 0.05) is 17.7 Å². The van der Waals surface area contributed by atoms with Crippen molar-refractivity contribution in [1.29, 1.82) is 0 Å². The maximum atomic E-state index is 12.5. The molecular weight excluding hydrogens is 366 g/mol. The first kappa shape index (κ1) is 18.8. The average molecular weight is 381 g/mol. The predicted octanol–water partition coefficient (Wildman–Crippen LogP) is 3.02. The van der Waals surface area contributed by atoms with Crippen molar-refractivity contribution >= 4 is 17.6 Å². The molecule has 3 rings (SSSR count). The number of benzene rings is 2. The molecule has 0 fully saturated rings. The lowest BCUT2D eigenvalue weighted by Gasteiger charge is -2.07. The van der Waals surface area contributed by atoms with Gasteiger partial charge < -0.3 is 9.47 Å². The van der Waals surface area contributed by atoms with Crippen LogP contribution in [0.2, 0.25) is 0 Å². The fourth-order valence-electron chi connectivity index (χ4n) is 2.70. The third-order valence-corrected chi connectivity index (χ3v) is 4.01. The number of methoxy groups -OCH3 is 2. The lowest BCUT2D eigenvalue weighted by Crippen LogP contribution is -2.15. The van der Waals surface area contributed by atoms with Crippen molar-refractivity contribution < 1.29 is 24.0 Å². The van der Waals surface area contributed by atoms with E-state index in [0.29, 0.717) is 11.3 Å². The highest BCUT2D eigenvalue weighted by Crippen LogP contribution is 2.30. The molecule has 0 amide bonds. The van der Waals surface area contributed by atoms with Crippen molar-refractivity contribution in [3.63, 3.8) is 0 Å². The van der Waals surface area contributed by atoms with Gasteiger partial charge in [-0.05, 0) is 24.3 Å². The van der Waals surface area contributed by atoms with Crippen molar-refractivity contribution in [3.05, 3.63) is 76.0 Å². The Bertz CT molecular complexity index is 1040. The molecule has 9 nitrogen and oxygen atoms in total. The summed E-state index contributed by atoms with van der Waals surface area (Å²) in [7, 11) is 2.38. The van der Waals surface area contributed by atoms with Crippen LogP contribution in [0.15, 0.2) is 54.6 Å². The number of hydrogen-bond donors (Lipinski definition) is 0. The molecule has 2 aromatic carbocycles. The topological polar surface area (TPSA) is 114 Å². The number of esters is 2. The number of aromatic nitrogens is 2. The Balaban J connectivity index is 2.30. The highest BCUT2D eigenvalue weighted by Gasteiger charge is 2.31. The molecule has 0 aliphatic carbocycles. The van der Waals surface area contributed by atoms with Crippen LogP contribution in [0.4, 0.5) is 5.69 Å². The number of para-hydroxylation sites is 1. The van der Waals surface area contributed by atoms with Crippen LogP contribution in [0, 0.1) is 10.1 Å². The van der Waals surface area contributed by atoms with Crippen LogP contribution in [-0.2, 0) is 9.47 Å². The van der Waals surface area contributed by atoms with Crippen molar-refractivity contribution in [3.8, 4) is 16.9 Å². The molecule has 0 radical (unpaired) electrons. The van der Waals surface area contributed by atoms with Gasteiger partial charge in [0.2, 0.25) is 0 Å². The fraction of sp³-hybridized carbons (Fsp3) is 0.105. The van der Waals surface area contributed by atoms with E-state index in [1.54, 1.807) is 30.3 Å². The Morgan fingerprint density at radius 2 is 1.57 bits per heavy atom. The third-order valence-electron chi connectivity index (χ3n) is 4.01. The van der Waals surface area contributed by atoms with Crippen LogP contribution in [-0.4, -0.2) is 40.9 Å². The molecule has 0 saturated carbocycles. The summed E-state index contributed by atoms with van der Waals surface area (Å²) in [6.45, 7) is 0. The first-order valence-corrected chi connectivity index (χ1v) is 8.07. The second kappa shape index (κ2) is 7.70. The van der Waals surface area contributed by atoms with Crippen molar-refractivity contribution in [2.45, 2.75) is 0 Å². The summed E-state index contributed by atoms with van der Waals surface area (Å²) < 4.78 is 11.0. The summed E-state index contributed by atoms with van der Waals surface area (Å²) in [5.41, 5.74) is 0.776. The molecule has 9 heteroatoms. The van der Waals surface area contributed by atoms with E-state index >= 15 is 0 Å². The van der Waals surface area contributed by atoms with Crippen molar-refractivity contribution in [1.82, 2.24) is 9.78 Å². The van der Waals surface area contributed by atoms with E-state index in [1.807, 2.05) is 0 Å². The van der Waals surface area contributed by atoms with Gasteiger partial charge in [0.25, 0.3) is 5.69 Å². The van der Waals surface area contributed by atoms with Gasteiger partial charge in [-0.25, -0.2) is 14.3 Å². The number of ether oxygens (including phenoxy) is 2. The second-order valence-electron chi connectivity index (χ2n) is 5.61. The van der Waals surface area contributed by atoms with E-state index in [4.69, 9.17) is 9.47 Å². The Morgan fingerprint density at radius 1 is 0.964 bits per heavy atom. The summed E-state index contributed by atoms with van der Waals surface area (Å²) in [5.74, 6) is -1.55. The zero-order valence-electron chi connectivity index (χ0n) is 15.0. The summed E-state index contributed by atoms with van der Waals surface area (Å²) >= 11 is 0. The molecule has 28 heavy (non-hydrogen) atoms. The molecular formula is C19H15N3O6. The number of nitrogens with zero attached hydrogens (tertiary/aromatic N) is 3. The average Bonchev–Trinajstić information content (AvgIpc) is 3.14. The number of non-ortho nitro benzene ring substituents is 1. The SMILES string of the molecule is COC(=O)c1c(-c2ccc([N+](=O)[O-])cc2)nn(-c2ccccc2)c1C(=O)OC. The Hall–Kier alpha value is -4.01. The molecule has 1 heterocycles. The summed E-state index contributed by atoms with van der Waals surface area (Å²) in [6, 6.07) is 14.2. The highest BCUT2D eigenvalue weighted by atomic mass is 16.6. The number of carbonyl (C=O) groups is 2. The highest BCUT2D eigenvalue weighted by molar-refractivity contribution is 6.06. The number of nitro benzene ring substituents is 1. The molecule has 3 aromatic rings. The van der Waals surface area contributed by atoms with Gasteiger partial charge in [0.1, 0.15) is 11.3 Å². The lowest BCUT2D eigenvalue weighted by molar-refractivity contribution is -0.384. The van der Waals surface area contributed by atoms with E-state index in [2.05, 4.69) is 5.10 Å². The second-order valence-corrected chi connectivity index (χ2v) is 5.61. The maximum absolute atomic E-state index is 12.5. The molecule has 0 bridgehead atoms. The third kappa shape index (κ3) is 3.32. The summed E-state index contributed by atoms with van der Waals surface area (Å²) in [6.07, 6.45) is 0. The number of nitro groups is 1. The van der Waals surface area contributed by atoms with Gasteiger partial charge in [-0.3, -0.25) is 10.1 Å². The lowest BCUT2D eigenvalue weighted by atomic mass is 10.1. The van der Waals surface area contributed by atoms with Gasteiger partial charge in [-0.2, -0.15) is 5.10 Å². The molecule has 0 aliphatic heterocycles. The molecule has 142 valence electrons.